The highest BCUT2D eigenvalue weighted by Gasteiger charge is 2.24. The number of benzene rings is 2. The quantitative estimate of drug-likeness (QED) is 0.701. The van der Waals surface area contributed by atoms with Crippen LogP contribution in [0.15, 0.2) is 54.6 Å². The normalized spacial score (nSPS) is 17.0. The third-order valence-corrected chi connectivity index (χ3v) is 5.05. The molecule has 1 atom stereocenters. The van der Waals surface area contributed by atoms with Gasteiger partial charge in [0.05, 0.1) is 12.7 Å². The van der Waals surface area contributed by atoms with E-state index in [0.29, 0.717) is 26.3 Å². The number of aromatic nitrogens is 1. The standard InChI is InChI=1S/C22H25N3O3/c1-27-12-10-19-15-25(11-13-28-19)22(26)23-18-8-6-16(7-9-18)21-14-17-4-2-3-5-20(17)24-21/h2-9,14,19,24H,10-13,15H2,1H3,(H,23,26)/t19-/m1/s1. The maximum Gasteiger partial charge on any atom is 0.322 e. The van der Waals surface area contributed by atoms with Crippen LogP contribution in [0.4, 0.5) is 10.5 Å². The van der Waals surface area contributed by atoms with Crippen molar-refractivity contribution in [2.24, 2.45) is 0 Å². The Bertz CT molecular complexity index is 903. The molecule has 2 aromatic carbocycles. The molecule has 1 aromatic heterocycles. The van der Waals surface area contributed by atoms with Gasteiger partial charge in [0.1, 0.15) is 0 Å². The number of anilines is 1. The number of aromatic amines is 1. The highest BCUT2D eigenvalue weighted by molar-refractivity contribution is 5.90. The number of amides is 2. The predicted molar refractivity (Wildman–Crippen MR) is 111 cm³/mol. The molecular formula is C22H25N3O3. The summed E-state index contributed by atoms with van der Waals surface area (Å²) in [5, 5.41) is 4.17. The number of fused-ring (bicyclic) bond motifs is 1. The molecular weight excluding hydrogens is 354 g/mol. The number of rotatable bonds is 5. The van der Waals surface area contributed by atoms with Crippen molar-refractivity contribution in [1.82, 2.24) is 9.88 Å². The first-order valence-electron chi connectivity index (χ1n) is 9.57. The summed E-state index contributed by atoms with van der Waals surface area (Å²) in [4.78, 5) is 17.8. The zero-order valence-electron chi connectivity index (χ0n) is 16.0. The fourth-order valence-electron chi connectivity index (χ4n) is 3.49. The Morgan fingerprint density at radius 1 is 1.25 bits per heavy atom. The van der Waals surface area contributed by atoms with Gasteiger partial charge in [-0.1, -0.05) is 30.3 Å². The molecule has 1 saturated heterocycles. The highest BCUT2D eigenvalue weighted by atomic mass is 16.5. The number of urea groups is 1. The van der Waals surface area contributed by atoms with Crippen LogP contribution in [0.5, 0.6) is 0 Å². The molecule has 2 N–H and O–H groups in total. The fourth-order valence-corrected chi connectivity index (χ4v) is 3.49. The number of hydrogen-bond donors (Lipinski definition) is 2. The average Bonchev–Trinajstić information content (AvgIpc) is 3.17. The summed E-state index contributed by atoms with van der Waals surface area (Å²) in [7, 11) is 1.67. The summed E-state index contributed by atoms with van der Waals surface area (Å²) in [6.45, 7) is 2.38. The van der Waals surface area contributed by atoms with E-state index in [0.717, 1.165) is 28.9 Å². The van der Waals surface area contributed by atoms with E-state index < -0.39 is 0 Å². The van der Waals surface area contributed by atoms with Crippen LogP contribution in [0.3, 0.4) is 0 Å². The highest BCUT2D eigenvalue weighted by Crippen LogP contribution is 2.25. The number of para-hydroxylation sites is 1. The molecule has 6 heteroatoms. The van der Waals surface area contributed by atoms with E-state index in [4.69, 9.17) is 9.47 Å². The number of nitrogens with one attached hydrogen (secondary N) is 2. The average molecular weight is 379 g/mol. The van der Waals surface area contributed by atoms with E-state index in [2.05, 4.69) is 28.5 Å². The van der Waals surface area contributed by atoms with Gasteiger partial charge in [0, 0.05) is 49.1 Å². The number of hydrogen-bond acceptors (Lipinski definition) is 3. The first-order chi connectivity index (χ1) is 13.7. The Hall–Kier alpha value is -2.83. The van der Waals surface area contributed by atoms with Gasteiger partial charge < -0.3 is 24.7 Å². The van der Waals surface area contributed by atoms with Gasteiger partial charge >= 0.3 is 6.03 Å². The lowest BCUT2D eigenvalue weighted by molar-refractivity contribution is -0.0260. The van der Waals surface area contributed by atoms with Crippen LogP contribution in [0, 0.1) is 0 Å². The Kier molecular flexibility index (Phi) is 5.60. The molecule has 0 radical (unpaired) electrons. The molecule has 1 aliphatic heterocycles. The molecule has 146 valence electrons. The minimum absolute atomic E-state index is 0.0313. The van der Waals surface area contributed by atoms with Crippen LogP contribution >= 0.6 is 0 Å². The molecule has 3 aromatic rings. The molecule has 0 unspecified atom stereocenters. The van der Waals surface area contributed by atoms with E-state index in [1.165, 1.54) is 5.39 Å². The Labute approximate surface area is 164 Å². The second-order valence-corrected chi connectivity index (χ2v) is 7.00. The zero-order chi connectivity index (χ0) is 19.3. The van der Waals surface area contributed by atoms with Gasteiger partial charge in [-0.05, 0) is 36.2 Å². The van der Waals surface area contributed by atoms with Crippen LogP contribution in [-0.2, 0) is 9.47 Å². The van der Waals surface area contributed by atoms with E-state index in [1.54, 1.807) is 12.0 Å². The monoisotopic (exact) mass is 379 g/mol. The molecule has 0 spiro atoms. The summed E-state index contributed by atoms with van der Waals surface area (Å²) in [6, 6.07) is 18.1. The summed E-state index contributed by atoms with van der Waals surface area (Å²) in [6.07, 6.45) is 0.822. The lowest BCUT2D eigenvalue weighted by Crippen LogP contribution is -2.47. The zero-order valence-corrected chi connectivity index (χ0v) is 16.0. The van der Waals surface area contributed by atoms with Crippen molar-refractivity contribution in [2.45, 2.75) is 12.5 Å². The fraction of sp³-hybridized carbons (Fsp3) is 0.318. The van der Waals surface area contributed by atoms with Crippen LogP contribution < -0.4 is 5.32 Å². The van der Waals surface area contributed by atoms with E-state index >= 15 is 0 Å². The SMILES string of the molecule is COCC[C@@H]1CN(C(=O)Nc2ccc(-c3cc4ccccc4[nH]3)cc2)CCO1. The van der Waals surface area contributed by atoms with Crippen LogP contribution in [0.2, 0.25) is 0 Å². The minimum atomic E-state index is -0.0934. The van der Waals surface area contributed by atoms with Crippen molar-refractivity contribution in [3.05, 3.63) is 54.6 Å². The number of morpholine rings is 1. The smallest absolute Gasteiger partial charge is 0.322 e. The molecule has 1 fully saturated rings. The van der Waals surface area contributed by atoms with Gasteiger partial charge in [0.15, 0.2) is 0 Å². The van der Waals surface area contributed by atoms with Crippen LogP contribution in [0.1, 0.15) is 6.42 Å². The number of carbonyl (C=O) groups excluding carboxylic acids is 1. The molecule has 2 heterocycles. The summed E-state index contributed by atoms with van der Waals surface area (Å²) < 4.78 is 10.8. The Balaban J connectivity index is 1.39. The summed E-state index contributed by atoms with van der Waals surface area (Å²) >= 11 is 0. The summed E-state index contributed by atoms with van der Waals surface area (Å²) in [5.41, 5.74) is 4.04. The molecule has 6 nitrogen and oxygen atoms in total. The number of ether oxygens (including phenoxy) is 2. The molecule has 0 saturated carbocycles. The predicted octanol–water partition coefficient (Wildman–Crippen LogP) is 4.10. The van der Waals surface area contributed by atoms with Crippen molar-refractivity contribution in [3.8, 4) is 11.3 Å². The maximum absolute atomic E-state index is 12.6. The Morgan fingerprint density at radius 2 is 2.07 bits per heavy atom. The van der Waals surface area contributed by atoms with Gasteiger partial charge in [0.2, 0.25) is 0 Å². The lowest BCUT2D eigenvalue weighted by Gasteiger charge is -2.32. The topological polar surface area (TPSA) is 66.6 Å². The largest absolute Gasteiger partial charge is 0.385 e. The van der Waals surface area contributed by atoms with Gasteiger partial charge in [-0.15, -0.1) is 0 Å². The third kappa shape index (κ3) is 4.18. The van der Waals surface area contributed by atoms with Crippen molar-refractivity contribution in [2.75, 3.05) is 38.7 Å². The molecule has 0 bridgehead atoms. The van der Waals surface area contributed by atoms with Gasteiger partial charge in [0.25, 0.3) is 0 Å². The lowest BCUT2D eigenvalue weighted by atomic mass is 10.1. The number of nitrogens with zero attached hydrogens (tertiary/aromatic N) is 1. The number of carbonyl (C=O) groups is 1. The second kappa shape index (κ2) is 8.46. The van der Waals surface area contributed by atoms with Crippen molar-refractivity contribution >= 4 is 22.6 Å². The van der Waals surface area contributed by atoms with Crippen molar-refractivity contribution in [1.29, 1.82) is 0 Å². The third-order valence-electron chi connectivity index (χ3n) is 5.05. The van der Waals surface area contributed by atoms with Gasteiger partial charge in [-0.2, -0.15) is 0 Å². The van der Waals surface area contributed by atoms with E-state index in [-0.39, 0.29) is 12.1 Å². The molecule has 2 amide bonds. The molecule has 4 rings (SSSR count). The molecule has 0 aliphatic carbocycles. The van der Waals surface area contributed by atoms with E-state index in [1.807, 2.05) is 36.4 Å². The Morgan fingerprint density at radius 3 is 2.86 bits per heavy atom. The molecule has 1 aliphatic rings. The van der Waals surface area contributed by atoms with Crippen molar-refractivity contribution in [3.63, 3.8) is 0 Å². The molecule has 28 heavy (non-hydrogen) atoms. The minimum Gasteiger partial charge on any atom is -0.385 e. The maximum atomic E-state index is 12.6. The second-order valence-electron chi connectivity index (χ2n) is 7.00. The first-order valence-corrected chi connectivity index (χ1v) is 9.57. The number of H-pyrrole nitrogens is 1. The summed E-state index contributed by atoms with van der Waals surface area (Å²) in [5.74, 6) is 0. The van der Waals surface area contributed by atoms with Crippen molar-refractivity contribution < 1.29 is 14.3 Å². The van der Waals surface area contributed by atoms with Crippen LogP contribution in [0.25, 0.3) is 22.2 Å². The van der Waals surface area contributed by atoms with Crippen LogP contribution in [-0.4, -0.2) is 55.4 Å². The van der Waals surface area contributed by atoms with Gasteiger partial charge in [-0.25, -0.2) is 4.79 Å². The van der Waals surface area contributed by atoms with E-state index in [9.17, 15) is 4.79 Å². The number of methoxy groups -OCH3 is 1. The first kappa shape index (κ1) is 18.5. The van der Waals surface area contributed by atoms with Gasteiger partial charge in [-0.3, -0.25) is 0 Å².